The molecule has 0 spiro atoms. The van der Waals surface area contributed by atoms with Crippen molar-refractivity contribution in [3.05, 3.63) is 47.0 Å². The lowest BCUT2D eigenvalue weighted by atomic mass is 10.2. The fraction of sp³-hybridized carbons (Fsp3) is 0.278. The Morgan fingerprint density at radius 2 is 1.64 bits per heavy atom. The van der Waals surface area contributed by atoms with Crippen molar-refractivity contribution in [1.29, 1.82) is 0 Å². The van der Waals surface area contributed by atoms with Crippen LogP contribution in [0.2, 0.25) is 0 Å². The molecule has 0 radical (unpaired) electrons. The maximum absolute atomic E-state index is 12.5. The van der Waals surface area contributed by atoms with Gasteiger partial charge in [0.25, 0.3) is 5.91 Å². The molecule has 148 valence electrons. The number of rotatable bonds is 8. The molecule has 2 rings (SSSR count). The van der Waals surface area contributed by atoms with Crippen LogP contribution in [-0.4, -0.2) is 60.9 Å². The second kappa shape index (κ2) is 10.2. The minimum absolute atomic E-state index is 0.147. The van der Waals surface area contributed by atoms with Crippen molar-refractivity contribution in [3.63, 3.8) is 0 Å². The third-order valence-corrected chi connectivity index (χ3v) is 4.40. The number of aromatic nitrogens is 1. The molecular formula is C18H19N3O6S. The van der Waals surface area contributed by atoms with Gasteiger partial charge in [-0.1, -0.05) is 18.2 Å². The van der Waals surface area contributed by atoms with E-state index in [1.807, 2.05) is 0 Å². The summed E-state index contributed by atoms with van der Waals surface area (Å²) in [6.45, 7) is -0.766. The summed E-state index contributed by atoms with van der Waals surface area (Å²) in [5.74, 6) is -2.13. The Morgan fingerprint density at radius 1 is 1.04 bits per heavy atom. The number of hydrogen-bond acceptors (Lipinski definition) is 8. The number of anilines is 1. The molecule has 0 bridgehead atoms. The number of nitrogens with zero attached hydrogens (tertiary/aromatic N) is 2. The van der Waals surface area contributed by atoms with Crippen molar-refractivity contribution in [2.24, 2.45) is 0 Å². The van der Waals surface area contributed by atoms with E-state index in [1.165, 1.54) is 25.6 Å². The molecule has 0 fully saturated rings. The summed E-state index contributed by atoms with van der Waals surface area (Å²) in [5.41, 5.74) is 0.885. The van der Waals surface area contributed by atoms with Crippen LogP contribution < -0.4 is 5.32 Å². The van der Waals surface area contributed by atoms with E-state index < -0.39 is 17.8 Å². The highest BCUT2D eigenvalue weighted by atomic mass is 32.1. The SMILES string of the molecule is COC(=O)CN(CC(=O)OC)C(=O)Cc1csc(NC(=O)c2ccccc2)n1. The van der Waals surface area contributed by atoms with E-state index in [0.717, 1.165) is 4.90 Å². The molecule has 0 unspecified atom stereocenters. The van der Waals surface area contributed by atoms with Gasteiger partial charge in [-0.05, 0) is 12.1 Å². The average Bonchev–Trinajstić information content (AvgIpc) is 3.14. The van der Waals surface area contributed by atoms with Crippen molar-refractivity contribution in [2.75, 3.05) is 32.6 Å². The summed E-state index contributed by atoms with van der Waals surface area (Å²) in [4.78, 5) is 52.8. The van der Waals surface area contributed by atoms with E-state index in [1.54, 1.807) is 35.7 Å². The van der Waals surface area contributed by atoms with Crippen molar-refractivity contribution in [1.82, 2.24) is 9.88 Å². The van der Waals surface area contributed by atoms with Gasteiger partial charge in [-0.15, -0.1) is 11.3 Å². The lowest BCUT2D eigenvalue weighted by Crippen LogP contribution is -2.41. The highest BCUT2D eigenvalue weighted by molar-refractivity contribution is 7.14. The van der Waals surface area contributed by atoms with Crippen LogP contribution in [0.4, 0.5) is 5.13 Å². The smallest absolute Gasteiger partial charge is 0.325 e. The molecule has 2 aromatic rings. The van der Waals surface area contributed by atoms with Crippen LogP contribution in [-0.2, 0) is 30.3 Å². The van der Waals surface area contributed by atoms with E-state index >= 15 is 0 Å². The molecule has 0 saturated heterocycles. The van der Waals surface area contributed by atoms with Gasteiger partial charge in [-0.3, -0.25) is 24.5 Å². The third-order valence-electron chi connectivity index (χ3n) is 3.59. The quantitative estimate of drug-likeness (QED) is 0.654. The molecule has 0 aliphatic rings. The van der Waals surface area contributed by atoms with Gasteiger partial charge >= 0.3 is 11.9 Å². The summed E-state index contributed by atoms with van der Waals surface area (Å²) in [6.07, 6.45) is -0.147. The summed E-state index contributed by atoms with van der Waals surface area (Å²) >= 11 is 1.17. The summed E-state index contributed by atoms with van der Waals surface area (Å²) in [7, 11) is 2.37. The predicted octanol–water partition coefficient (Wildman–Crippen LogP) is 1.11. The third kappa shape index (κ3) is 6.16. The zero-order valence-electron chi connectivity index (χ0n) is 15.3. The number of carbonyl (C=O) groups is 4. The van der Waals surface area contributed by atoms with Crippen molar-refractivity contribution >= 4 is 40.2 Å². The standard InChI is InChI=1S/C18H19N3O6S/c1-26-15(23)9-21(10-16(24)27-2)14(22)8-13-11-28-18(19-13)20-17(25)12-6-4-3-5-7-12/h3-7,11H,8-10H2,1-2H3,(H,19,20,25). The Kier molecular flexibility index (Phi) is 7.64. The summed E-state index contributed by atoms with van der Waals surface area (Å²) < 4.78 is 9.08. The largest absolute Gasteiger partial charge is 0.468 e. The van der Waals surface area contributed by atoms with Crippen LogP contribution >= 0.6 is 11.3 Å². The summed E-state index contributed by atoms with van der Waals surface area (Å²) in [6, 6.07) is 8.64. The number of ether oxygens (including phenoxy) is 2. The Hall–Kier alpha value is -3.27. The van der Waals surface area contributed by atoms with Crippen molar-refractivity contribution in [3.8, 4) is 0 Å². The van der Waals surface area contributed by atoms with Gasteiger partial charge in [-0.2, -0.15) is 0 Å². The van der Waals surface area contributed by atoms with Crippen LogP contribution in [0.1, 0.15) is 16.1 Å². The van der Waals surface area contributed by atoms with Crippen LogP contribution in [0, 0.1) is 0 Å². The van der Waals surface area contributed by atoms with Gasteiger partial charge < -0.3 is 14.4 Å². The van der Waals surface area contributed by atoms with Crippen molar-refractivity contribution < 1.29 is 28.7 Å². The number of esters is 2. The van der Waals surface area contributed by atoms with Crippen molar-refractivity contribution in [2.45, 2.75) is 6.42 Å². The maximum Gasteiger partial charge on any atom is 0.325 e. The van der Waals surface area contributed by atoms with Crippen LogP contribution in [0.25, 0.3) is 0 Å². The Labute approximate surface area is 165 Å². The maximum atomic E-state index is 12.5. The topological polar surface area (TPSA) is 115 Å². The van der Waals surface area contributed by atoms with E-state index in [2.05, 4.69) is 19.8 Å². The molecule has 1 N–H and O–H groups in total. The summed E-state index contributed by atoms with van der Waals surface area (Å²) in [5, 5.41) is 4.61. The molecular weight excluding hydrogens is 386 g/mol. The molecule has 0 aliphatic heterocycles. The van der Waals surface area contributed by atoms with Crippen LogP contribution in [0.3, 0.4) is 0 Å². The Balaban J connectivity index is 2.01. The monoisotopic (exact) mass is 405 g/mol. The second-order valence-electron chi connectivity index (χ2n) is 5.54. The normalized spacial score (nSPS) is 10.1. The average molecular weight is 405 g/mol. The van der Waals surface area contributed by atoms with Gasteiger partial charge in [-0.25, -0.2) is 4.98 Å². The second-order valence-corrected chi connectivity index (χ2v) is 6.40. The van der Waals surface area contributed by atoms with E-state index in [-0.39, 0.29) is 25.4 Å². The van der Waals surface area contributed by atoms with Gasteiger partial charge in [0.15, 0.2) is 5.13 Å². The number of methoxy groups -OCH3 is 2. The predicted molar refractivity (Wildman–Crippen MR) is 101 cm³/mol. The molecule has 28 heavy (non-hydrogen) atoms. The number of amides is 2. The lowest BCUT2D eigenvalue weighted by molar-refractivity contribution is -0.151. The molecule has 2 amide bonds. The molecule has 9 nitrogen and oxygen atoms in total. The first-order valence-corrected chi connectivity index (χ1v) is 9.03. The zero-order chi connectivity index (χ0) is 20.5. The van der Waals surface area contributed by atoms with Crippen LogP contribution in [0.5, 0.6) is 0 Å². The van der Waals surface area contributed by atoms with E-state index in [0.29, 0.717) is 16.4 Å². The highest BCUT2D eigenvalue weighted by Crippen LogP contribution is 2.17. The molecule has 10 heteroatoms. The number of nitrogens with one attached hydrogen (secondary N) is 1. The van der Waals surface area contributed by atoms with Gasteiger partial charge in [0.1, 0.15) is 13.1 Å². The number of hydrogen-bond donors (Lipinski definition) is 1. The lowest BCUT2D eigenvalue weighted by Gasteiger charge is -2.19. The molecule has 0 atom stereocenters. The molecule has 1 aromatic carbocycles. The van der Waals surface area contributed by atoms with Gasteiger partial charge in [0, 0.05) is 10.9 Å². The van der Waals surface area contributed by atoms with Crippen LogP contribution in [0.15, 0.2) is 35.7 Å². The van der Waals surface area contributed by atoms with Gasteiger partial charge in [0.2, 0.25) is 5.91 Å². The van der Waals surface area contributed by atoms with E-state index in [9.17, 15) is 19.2 Å². The minimum Gasteiger partial charge on any atom is -0.468 e. The first-order chi connectivity index (χ1) is 13.4. The molecule has 0 saturated carbocycles. The molecule has 1 heterocycles. The Bertz CT molecular complexity index is 834. The van der Waals surface area contributed by atoms with Gasteiger partial charge in [0.05, 0.1) is 26.3 Å². The Morgan fingerprint density at radius 3 is 2.21 bits per heavy atom. The number of thiazole rings is 1. The first-order valence-electron chi connectivity index (χ1n) is 8.15. The number of benzene rings is 1. The van der Waals surface area contributed by atoms with E-state index in [4.69, 9.17) is 0 Å². The minimum atomic E-state index is -0.661. The first kappa shape index (κ1) is 21.0. The molecule has 0 aliphatic carbocycles. The number of carbonyl (C=O) groups excluding carboxylic acids is 4. The fourth-order valence-corrected chi connectivity index (χ4v) is 2.85. The zero-order valence-corrected chi connectivity index (χ0v) is 16.2. The molecule has 1 aromatic heterocycles. The fourth-order valence-electron chi connectivity index (χ4n) is 2.14. The highest BCUT2D eigenvalue weighted by Gasteiger charge is 2.22.